The fraction of sp³-hybridized carbons (Fsp3) is 0. The third-order valence-electron chi connectivity index (χ3n) is 1.86. The van der Waals surface area contributed by atoms with E-state index in [0.717, 1.165) is 0 Å². The first-order chi connectivity index (χ1) is 6.88. The van der Waals surface area contributed by atoms with Crippen LogP contribution in [0.25, 0.3) is 11.0 Å². The van der Waals surface area contributed by atoms with Gasteiger partial charge in [0.1, 0.15) is 4.90 Å². The predicted molar refractivity (Wildman–Crippen MR) is 56.9 cm³/mol. The van der Waals surface area contributed by atoms with Crippen molar-refractivity contribution in [2.45, 2.75) is 4.90 Å². The average Bonchev–Trinajstić information content (AvgIpc) is 2.40. The summed E-state index contributed by atoms with van der Waals surface area (Å²) >= 11 is 5.74. The number of fused-ring (bicyclic) bond motifs is 1. The molecule has 0 saturated heterocycles. The maximum atomic E-state index is 11.1. The summed E-state index contributed by atoms with van der Waals surface area (Å²) in [6.45, 7) is 0. The smallest absolute Gasteiger partial charge is 0.239 e. The van der Waals surface area contributed by atoms with Crippen LogP contribution >= 0.6 is 11.6 Å². The molecule has 1 aromatic carbocycles. The van der Waals surface area contributed by atoms with Crippen molar-refractivity contribution in [3.63, 3.8) is 0 Å². The molecule has 15 heavy (non-hydrogen) atoms. The number of nitrogens with zero attached hydrogens (tertiary/aromatic N) is 1. The van der Waals surface area contributed by atoms with Crippen LogP contribution in [-0.2, 0) is 10.0 Å². The monoisotopic (exact) mass is 246 g/mol. The van der Waals surface area contributed by atoms with Crippen LogP contribution in [0.2, 0.25) is 5.02 Å². The standard InChI is InChI=1S/C7H7ClN4O2S/c8-3-1-4-5(12-7(9)11-4)2-6(3)15(10,13)14/h1-2H,(H3,9,11,12)(H2,10,13,14). The van der Waals surface area contributed by atoms with Gasteiger partial charge in [0, 0.05) is 0 Å². The summed E-state index contributed by atoms with van der Waals surface area (Å²) in [6, 6.07) is 2.69. The number of aromatic amines is 1. The fourth-order valence-electron chi connectivity index (χ4n) is 1.25. The Hall–Kier alpha value is -1.31. The highest BCUT2D eigenvalue weighted by Gasteiger charge is 2.15. The molecule has 80 valence electrons. The van der Waals surface area contributed by atoms with E-state index in [1.165, 1.54) is 12.1 Å². The first-order valence-electron chi connectivity index (χ1n) is 3.85. The van der Waals surface area contributed by atoms with Gasteiger partial charge in [-0.3, -0.25) is 0 Å². The summed E-state index contributed by atoms with van der Waals surface area (Å²) in [7, 11) is -3.84. The molecule has 0 aliphatic carbocycles. The molecular weight excluding hydrogens is 240 g/mol. The van der Waals surface area contributed by atoms with Crippen molar-refractivity contribution in [2.75, 3.05) is 5.73 Å². The van der Waals surface area contributed by atoms with Crippen LogP contribution in [0.15, 0.2) is 17.0 Å². The number of hydrogen-bond acceptors (Lipinski definition) is 4. The van der Waals surface area contributed by atoms with E-state index in [-0.39, 0.29) is 15.9 Å². The second-order valence-electron chi connectivity index (χ2n) is 2.97. The molecule has 0 radical (unpaired) electrons. The van der Waals surface area contributed by atoms with Crippen LogP contribution < -0.4 is 10.9 Å². The van der Waals surface area contributed by atoms with Crippen molar-refractivity contribution >= 4 is 38.6 Å². The van der Waals surface area contributed by atoms with Gasteiger partial charge in [-0.25, -0.2) is 18.5 Å². The maximum absolute atomic E-state index is 11.1. The van der Waals surface area contributed by atoms with Gasteiger partial charge in [-0.2, -0.15) is 0 Å². The minimum Gasteiger partial charge on any atom is -0.369 e. The van der Waals surface area contributed by atoms with Crippen molar-refractivity contribution in [1.82, 2.24) is 9.97 Å². The molecule has 8 heteroatoms. The van der Waals surface area contributed by atoms with Gasteiger partial charge >= 0.3 is 0 Å². The van der Waals surface area contributed by atoms with E-state index >= 15 is 0 Å². The number of halogens is 1. The van der Waals surface area contributed by atoms with Crippen molar-refractivity contribution < 1.29 is 8.42 Å². The van der Waals surface area contributed by atoms with Gasteiger partial charge in [-0.05, 0) is 12.1 Å². The summed E-state index contributed by atoms with van der Waals surface area (Å²) in [6.07, 6.45) is 0. The van der Waals surface area contributed by atoms with E-state index in [2.05, 4.69) is 9.97 Å². The molecule has 2 aromatic rings. The number of H-pyrrole nitrogens is 1. The Labute approximate surface area is 90.3 Å². The second-order valence-corrected chi connectivity index (χ2v) is 4.90. The molecule has 0 bridgehead atoms. The Morgan fingerprint density at radius 2 is 2.07 bits per heavy atom. The molecule has 0 amide bonds. The number of hydrogen-bond donors (Lipinski definition) is 3. The van der Waals surface area contributed by atoms with Crippen LogP contribution in [0, 0.1) is 0 Å². The Morgan fingerprint density at radius 3 is 2.67 bits per heavy atom. The Bertz CT molecular complexity index is 634. The van der Waals surface area contributed by atoms with E-state index in [1.54, 1.807) is 0 Å². The van der Waals surface area contributed by atoms with Crippen LogP contribution in [0.3, 0.4) is 0 Å². The SMILES string of the molecule is Nc1nc2cc(Cl)c(S(N)(=O)=O)cc2[nH]1. The summed E-state index contributed by atoms with van der Waals surface area (Å²) in [5.74, 6) is 0.188. The number of imidazole rings is 1. The molecule has 0 unspecified atom stereocenters. The lowest BCUT2D eigenvalue weighted by Gasteiger charge is -2.00. The van der Waals surface area contributed by atoms with Gasteiger partial charge in [-0.1, -0.05) is 11.6 Å². The van der Waals surface area contributed by atoms with Crippen LogP contribution in [0.1, 0.15) is 0 Å². The zero-order chi connectivity index (χ0) is 11.2. The van der Waals surface area contributed by atoms with E-state index < -0.39 is 10.0 Å². The molecule has 0 aliphatic rings. The second kappa shape index (κ2) is 3.09. The lowest BCUT2D eigenvalue weighted by Crippen LogP contribution is -2.12. The first-order valence-corrected chi connectivity index (χ1v) is 5.78. The number of nitrogen functional groups attached to an aromatic ring is 1. The van der Waals surface area contributed by atoms with Gasteiger partial charge in [0.05, 0.1) is 16.1 Å². The van der Waals surface area contributed by atoms with Gasteiger partial charge in [0.15, 0.2) is 5.95 Å². The van der Waals surface area contributed by atoms with Gasteiger partial charge in [0.2, 0.25) is 10.0 Å². The number of primary sulfonamides is 1. The van der Waals surface area contributed by atoms with Gasteiger partial charge in [-0.15, -0.1) is 0 Å². The minimum absolute atomic E-state index is 0.0245. The molecular formula is C7H7ClN4O2S. The topological polar surface area (TPSA) is 115 Å². The number of benzene rings is 1. The quantitative estimate of drug-likeness (QED) is 0.677. The first kappa shape index (κ1) is 10.2. The zero-order valence-electron chi connectivity index (χ0n) is 7.36. The fourth-order valence-corrected chi connectivity index (χ4v) is 2.34. The summed E-state index contributed by atoms with van der Waals surface area (Å²) in [5.41, 5.74) is 6.37. The van der Waals surface area contributed by atoms with Crippen molar-refractivity contribution in [3.8, 4) is 0 Å². The molecule has 5 N–H and O–H groups in total. The molecule has 1 heterocycles. The predicted octanol–water partition coefficient (Wildman–Crippen LogP) is 0.446. The third-order valence-corrected chi connectivity index (χ3v) is 3.24. The summed E-state index contributed by atoms with van der Waals surface area (Å²) in [4.78, 5) is 6.43. The van der Waals surface area contributed by atoms with Crippen LogP contribution in [-0.4, -0.2) is 18.4 Å². The average molecular weight is 247 g/mol. The number of anilines is 1. The van der Waals surface area contributed by atoms with E-state index in [4.69, 9.17) is 22.5 Å². The largest absolute Gasteiger partial charge is 0.369 e. The normalized spacial score (nSPS) is 12.1. The van der Waals surface area contributed by atoms with Gasteiger partial charge < -0.3 is 10.7 Å². The van der Waals surface area contributed by atoms with Crippen LogP contribution in [0.4, 0.5) is 5.95 Å². The highest BCUT2D eigenvalue weighted by Crippen LogP contribution is 2.25. The molecule has 1 aromatic heterocycles. The lowest BCUT2D eigenvalue weighted by atomic mass is 10.3. The minimum atomic E-state index is -3.84. The Balaban J connectivity index is 2.83. The summed E-state index contributed by atoms with van der Waals surface area (Å²) in [5, 5.41) is 5.00. The molecule has 2 rings (SSSR count). The molecule has 0 aliphatic heterocycles. The highest BCUT2D eigenvalue weighted by molar-refractivity contribution is 7.89. The highest BCUT2D eigenvalue weighted by atomic mass is 35.5. The molecule has 0 spiro atoms. The van der Waals surface area contributed by atoms with E-state index in [1.807, 2.05) is 0 Å². The summed E-state index contributed by atoms with van der Waals surface area (Å²) < 4.78 is 22.3. The van der Waals surface area contributed by atoms with Crippen molar-refractivity contribution in [1.29, 1.82) is 0 Å². The molecule has 0 atom stereocenters. The van der Waals surface area contributed by atoms with Crippen molar-refractivity contribution in [3.05, 3.63) is 17.2 Å². The van der Waals surface area contributed by atoms with E-state index in [0.29, 0.717) is 11.0 Å². The number of nitrogens with two attached hydrogens (primary N) is 2. The number of nitrogens with one attached hydrogen (secondary N) is 1. The maximum Gasteiger partial charge on any atom is 0.239 e. The number of rotatable bonds is 1. The van der Waals surface area contributed by atoms with Crippen LogP contribution in [0.5, 0.6) is 0 Å². The van der Waals surface area contributed by atoms with Crippen molar-refractivity contribution in [2.24, 2.45) is 5.14 Å². The molecule has 6 nitrogen and oxygen atoms in total. The zero-order valence-corrected chi connectivity index (χ0v) is 8.93. The lowest BCUT2D eigenvalue weighted by molar-refractivity contribution is 0.598. The number of aromatic nitrogens is 2. The van der Waals surface area contributed by atoms with E-state index in [9.17, 15) is 8.42 Å². The molecule has 0 fully saturated rings. The molecule has 0 saturated carbocycles. The van der Waals surface area contributed by atoms with Gasteiger partial charge in [0.25, 0.3) is 0 Å². The Morgan fingerprint density at radius 1 is 1.40 bits per heavy atom. The number of sulfonamides is 1. The third kappa shape index (κ3) is 1.76. The Kier molecular flexibility index (Phi) is 2.10.